The van der Waals surface area contributed by atoms with Crippen LogP contribution in [0.5, 0.6) is 0 Å². The summed E-state index contributed by atoms with van der Waals surface area (Å²) in [7, 11) is -3.19. The molecule has 0 atom stereocenters. The van der Waals surface area contributed by atoms with Crippen LogP contribution in [-0.4, -0.2) is 70.2 Å². The number of pyridine rings is 1. The van der Waals surface area contributed by atoms with Crippen molar-refractivity contribution in [1.82, 2.24) is 19.3 Å². The molecule has 2 aromatic rings. The van der Waals surface area contributed by atoms with Gasteiger partial charge in [-0.25, -0.2) is 31.5 Å². The fourth-order valence-corrected chi connectivity index (χ4v) is 5.11. The van der Waals surface area contributed by atoms with E-state index >= 15 is 0 Å². The second-order valence-electron chi connectivity index (χ2n) is 8.37. The summed E-state index contributed by atoms with van der Waals surface area (Å²) in [6, 6.07) is 1.88. The molecule has 0 aromatic carbocycles. The Morgan fingerprint density at radius 2 is 1.93 bits per heavy atom. The van der Waals surface area contributed by atoms with Crippen LogP contribution in [0, 0.1) is 6.92 Å². The number of aryl methyl sites for hydroxylation is 1. The zero-order valence-electron chi connectivity index (χ0n) is 16.8. The average molecular weight is 442 g/mol. The number of piperidine rings is 1. The van der Waals surface area contributed by atoms with E-state index < -0.39 is 22.0 Å². The van der Waals surface area contributed by atoms with Crippen LogP contribution in [0.4, 0.5) is 14.7 Å². The van der Waals surface area contributed by atoms with Crippen molar-refractivity contribution < 1.29 is 22.3 Å². The maximum absolute atomic E-state index is 13.0. The van der Waals surface area contributed by atoms with Crippen molar-refractivity contribution in [3.05, 3.63) is 23.7 Å². The molecular formula is C19H25F2N5O3S. The van der Waals surface area contributed by atoms with E-state index in [1.165, 1.54) is 10.6 Å². The normalized spacial score (nSPS) is 26.1. The monoisotopic (exact) mass is 441 g/mol. The minimum Gasteiger partial charge on any atom is -0.384 e. The quantitative estimate of drug-likeness (QED) is 0.731. The largest absolute Gasteiger partial charge is 0.384 e. The molecule has 0 unspecified atom stereocenters. The Morgan fingerprint density at radius 1 is 1.27 bits per heavy atom. The van der Waals surface area contributed by atoms with Crippen LogP contribution in [0.15, 0.2) is 12.3 Å². The number of alkyl halides is 2. The second-order valence-corrected chi connectivity index (χ2v) is 10.4. The lowest BCUT2D eigenvalue weighted by Gasteiger charge is -2.42. The molecule has 4 rings (SSSR count). The summed E-state index contributed by atoms with van der Waals surface area (Å²) in [5.41, 5.74) is -0.0208. The molecule has 3 heterocycles. The fraction of sp³-hybridized carbons (Fsp3) is 0.632. The number of nitrogens with zero attached hydrogens (tertiary/aromatic N) is 4. The number of sulfonamides is 1. The summed E-state index contributed by atoms with van der Waals surface area (Å²) >= 11 is 0. The van der Waals surface area contributed by atoms with E-state index in [4.69, 9.17) is 0 Å². The second kappa shape index (κ2) is 7.61. The molecule has 0 amide bonds. The lowest BCUT2D eigenvalue weighted by molar-refractivity contribution is -0.153. The van der Waals surface area contributed by atoms with Gasteiger partial charge in [-0.1, -0.05) is 0 Å². The van der Waals surface area contributed by atoms with Gasteiger partial charge in [-0.3, -0.25) is 4.98 Å². The number of halogens is 2. The number of hydrogen-bond donors (Lipinski definition) is 2. The molecule has 1 saturated heterocycles. The molecule has 2 fully saturated rings. The van der Waals surface area contributed by atoms with Gasteiger partial charge in [-0.05, 0) is 38.7 Å². The highest BCUT2D eigenvalue weighted by Gasteiger charge is 2.51. The van der Waals surface area contributed by atoms with E-state index in [1.54, 1.807) is 6.20 Å². The van der Waals surface area contributed by atoms with Crippen LogP contribution < -0.4 is 5.32 Å². The molecule has 0 radical (unpaired) electrons. The summed E-state index contributed by atoms with van der Waals surface area (Å²) in [4.78, 5) is 13.5. The molecule has 1 aliphatic carbocycles. The van der Waals surface area contributed by atoms with Crippen LogP contribution in [0.25, 0.3) is 10.9 Å². The number of fused-ring (bicyclic) bond motifs is 1. The summed E-state index contributed by atoms with van der Waals surface area (Å²) in [6.45, 7) is 2.69. The molecule has 1 saturated carbocycles. The number of aromatic nitrogens is 3. The standard InChI is InChI=1S/C19H25F2N5O3S/c1-11-7-12-10-22-18(24-14-3-5-26(6-4-14)30(2,28)29)25-15(12)16(23-11)13-8-19(27,9-13)17(20)21/h7,10,13-14,17,27H,3-6,8-9H2,1-2H3,(H,22,24,25). The first-order chi connectivity index (χ1) is 14.0. The molecular weight excluding hydrogens is 416 g/mol. The summed E-state index contributed by atoms with van der Waals surface area (Å²) in [6.07, 6.45) is 1.27. The maximum Gasteiger partial charge on any atom is 0.266 e. The molecule has 2 aliphatic rings. The highest BCUT2D eigenvalue weighted by atomic mass is 32.2. The predicted molar refractivity (Wildman–Crippen MR) is 108 cm³/mol. The van der Waals surface area contributed by atoms with Gasteiger partial charge in [-0.2, -0.15) is 0 Å². The van der Waals surface area contributed by atoms with Gasteiger partial charge in [0.05, 0.1) is 17.5 Å². The van der Waals surface area contributed by atoms with Gasteiger partial charge in [0, 0.05) is 42.3 Å². The lowest BCUT2D eigenvalue weighted by Crippen LogP contribution is -2.48. The van der Waals surface area contributed by atoms with E-state index in [-0.39, 0.29) is 24.8 Å². The van der Waals surface area contributed by atoms with Gasteiger partial charge in [0.25, 0.3) is 6.43 Å². The van der Waals surface area contributed by atoms with Crippen molar-refractivity contribution in [1.29, 1.82) is 0 Å². The van der Waals surface area contributed by atoms with Crippen molar-refractivity contribution >= 4 is 26.9 Å². The summed E-state index contributed by atoms with van der Waals surface area (Å²) in [5, 5.41) is 14.0. The van der Waals surface area contributed by atoms with E-state index in [9.17, 15) is 22.3 Å². The van der Waals surface area contributed by atoms with Crippen molar-refractivity contribution in [2.24, 2.45) is 0 Å². The molecule has 2 N–H and O–H groups in total. The molecule has 30 heavy (non-hydrogen) atoms. The molecule has 8 nitrogen and oxygen atoms in total. The zero-order valence-corrected chi connectivity index (χ0v) is 17.7. The molecule has 164 valence electrons. The van der Waals surface area contributed by atoms with E-state index in [2.05, 4.69) is 20.3 Å². The Bertz CT molecular complexity index is 1050. The van der Waals surface area contributed by atoms with Gasteiger partial charge in [-0.15, -0.1) is 0 Å². The van der Waals surface area contributed by atoms with Crippen molar-refractivity contribution in [3.63, 3.8) is 0 Å². The first-order valence-electron chi connectivity index (χ1n) is 9.92. The summed E-state index contributed by atoms with van der Waals surface area (Å²) in [5.74, 6) is 0.114. The highest BCUT2D eigenvalue weighted by molar-refractivity contribution is 7.88. The summed E-state index contributed by atoms with van der Waals surface area (Å²) < 4.78 is 50.8. The average Bonchev–Trinajstić information content (AvgIpc) is 2.64. The first kappa shape index (κ1) is 21.3. The maximum atomic E-state index is 13.0. The Balaban J connectivity index is 1.53. The molecule has 11 heteroatoms. The topological polar surface area (TPSA) is 108 Å². The lowest BCUT2D eigenvalue weighted by atomic mass is 9.69. The zero-order chi connectivity index (χ0) is 21.7. The molecule has 1 aliphatic heterocycles. The highest BCUT2D eigenvalue weighted by Crippen LogP contribution is 2.48. The number of nitrogens with one attached hydrogen (secondary N) is 1. The minimum atomic E-state index is -3.19. The number of rotatable bonds is 5. The third-order valence-electron chi connectivity index (χ3n) is 5.97. The van der Waals surface area contributed by atoms with Gasteiger partial charge in [0.1, 0.15) is 5.60 Å². The van der Waals surface area contributed by atoms with Crippen LogP contribution in [0.1, 0.15) is 43.0 Å². The SMILES string of the molecule is Cc1cc2cnc(NC3CCN(S(C)(=O)=O)CC3)nc2c(C2CC(O)(C(F)F)C2)n1. The Labute approximate surface area is 173 Å². The van der Waals surface area contributed by atoms with Crippen LogP contribution in [0.2, 0.25) is 0 Å². The van der Waals surface area contributed by atoms with Gasteiger partial charge in [0.2, 0.25) is 16.0 Å². The van der Waals surface area contributed by atoms with Crippen molar-refractivity contribution in [2.45, 2.75) is 56.6 Å². The molecule has 0 bridgehead atoms. The van der Waals surface area contributed by atoms with Gasteiger partial charge >= 0.3 is 0 Å². The predicted octanol–water partition coefficient (Wildman–Crippen LogP) is 2.04. The smallest absolute Gasteiger partial charge is 0.266 e. The number of aliphatic hydroxyl groups is 1. The minimum absolute atomic E-state index is 0.0370. The molecule has 2 aromatic heterocycles. The van der Waals surface area contributed by atoms with E-state index in [0.717, 1.165) is 11.1 Å². The van der Waals surface area contributed by atoms with E-state index in [1.807, 2.05) is 13.0 Å². The Kier molecular flexibility index (Phi) is 5.39. The first-order valence-corrected chi connectivity index (χ1v) is 11.8. The third kappa shape index (κ3) is 4.10. The Morgan fingerprint density at radius 3 is 2.53 bits per heavy atom. The number of hydrogen-bond acceptors (Lipinski definition) is 7. The fourth-order valence-electron chi connectivity index (χ4n) is 4.24. The van der Waals surface area contributed by atoms with Crippen LogP contribution >= 0.6 is 0 Å². The Hall–Kier alpha value is -1.98. The van der Waals surface area contributed by atoms with Gasteiger partial charge in [0.15, 0.2) is 0 Å². The number of anilines is 1. The van der Waals surface area contributed by atoms with Crippen molar-refractivity contribution in [2.75, 3.05) is 24.7 Å². The van der Waals surface area contributed by atoms with Gasteiger partial charge < -0.3 is 10.4 Å². The molecule has 0 spiro atoms. The third-order valence-corrected chi connectivity index (χ3v) is 7.27. The van der Waals surface area contributed by atoms with Crippen LogP contribution in [-0.2, 0) is 10.0 Å². The van der Waals surface area contributed by atoms with E-state index in [0.29, 0.717) is 43.1 Å². The van der Waals surface area contributed by atoms with Crippen LogP contribution in [0.3, 0.4) is 0 Å². The van der Waals surface area contributed by atoms with Crippen molar-refractivity contribution in [3.8, 4) is 0 Å².